The Morgan fingerprint density at radius 1 is 1.10 bits per heavy atom. The van der Waals surface area contributed by atoms with E-state index in [0.717, 1.165) is 18.2 Å². The molecule has 2 aromatic heterocycles. The molecule has 0 bridgehead atoms. The lowest BCUT2D eigenvalue weighted by Crippen LogP contribution is -2.31. The van der Waals surface area contributed by atoms with E-state index in [0.29, 0.717) is 12.7 Å². The number of nitrogen functional groups attached to an aromatic ring is 1. The van der Waals surface area contributed by atoms with Gasteiger partial charge in [-0.05, 0) is 48.4 Å². The van der Waals surface area contributed by atoms with Crippen molar-refractivity contribution < 1.29 is 40.2 Å². The van der Waals surface area contributed by atoms with Crippen LogP contribution in [0.5, 0.6) is 11.6 Å². The quantitative estimate of drug-likeness (QED) is 0.270. The average molecular weight is 569 g/mol. The lowest BCUT2D eigenvalue weighted by molar-refractivity contribution is -0.0801. The molecule has 2 heterocycles. The Hall–Kier alpha value is -4.20. The van der Waals surface area contributed by atoms with Gasteiger partial charge in [-0.2, -0.15) is 21.6 Å². The molecule has 3 rings (SSSR count). The van der Waals surface area contributed by atoms with Crippen molar-refractivity contribution in [1.82, 2.24) is 14.7 Å². The highest BCUT2D eigenvalue weighted by atomic mass is 32.2. The molecule has 0 aliphatic heterocycles. The van der Waals surface area contributed by atoms with Gasteiger partial charge in [-0.25, -0.2) is 19.1 Å². The van der Waals surface area contributed by atoms with Crippen molar-refractivity contribution in [3.63, 3.8) is 0 Å². The molecule has 1 amide bonds. The molecular weight excluding hydrogens is 544 g/mol. The first-order chi connectivity index (χ1) is 18.2. The Morgan fingerprint density at radius 3 is 2.51 bits per heavy atom. The number of nitrogens with two attached hydrogens (primary N) is 1. The third-order valence-corrected chi connectivity index (χ3v) is 5.96. The SMILES string of the molecule is CC(C)COc1cc(F)cc(-c2ccc(C(=O)NS(=O)(=O)c3cccc(N)n3)c(OC/C=C/C(F)(F)F)n2)c1. The molecule has 208 valence electrons. The summed E-state index contributed by atoms with van der Waals surface area (Å²) in [6.45, 7) is 3.47. The van der Waals surface area contributed by atoms with Gasteiger partial charge in [-0.1, -0.05) is 19.9 Å². The number of pyridine rings is 2. The van der Waals surface area contributed by atoms with E-state index in [2.05, 4.69) is 9.97 Å². The first-order valence-corrected chi connectivity index (χ1v) is 12.8. The minimum Gasteiger partial charge on any atom is -0.493 e. The number of rotatable bonds is 10. The number of sulfonamides is 1. The summed E-state index contributed by atoms with van der Waals surface area (Å²) in [4.78, 5) is 20.7. The van der Waals surface area contributed by atoms with Crippen molar-refractivity contribution in [2.45, 2.75) is 25.0 Å². The topological polar surface area (TPSA) is 134 Å². The summed E-state index contributed by atoms with van der Waals surface area (Å²) in [6.07, 6.45) is -4.04. The van der Waals surface area contributed by atoms with Crippen molar-refractivity contribution in [1.29, 1.82) is 0 Å². The zero-order valence-corrected chi connectivity index (χ0v) is 21.5. The van der Waals surface area contributed by atoms with Crippen molar-refractivity contribution in [3.8, 4) is 22.9 Å². The number of aromatic nitrogens is 2. The zero-order valence-electron chi connectivity index (χ0n) is 20.7. The Kier molecular flexibility index (Phi) is 9.11. The molecule has 0 spiro atoms. The Balaban J connectivity index is 1.97. The van der Waals surface area contributed by atoms with Crippen LogP contribution in [0.4, 0.5) is 23.4 Å². The highest BCUT2D eigenvalue weighted by Crippen LogP contribution is 2.28. The maximum atomic E-state index is 14.3. The van der Waals surface area contributed by atoms with E-state index >= 15 is 0 Å². The van der Waals surface area contributed by atoms with Crippen molar-refractivity contribution >= 4 is 21.7 Å². The fraction of sp³-hybridized carbons (Fsp3) is 0.240. The summed E-state index contributed by atoms with van der Waals surface area (Å²) in [5, 5.41) is -0.537. The maximum absolute atomic E-state index is 14.3. The van der Waals surface area contributed by atoms with E-state index in [4.69, 9.17) is 15.2 Å². The van der Waals surface area contributed by atoms with Gasteiger partial charge >= 0.3 is 6.18 Å². The van der Waals surface area contributed by atoms with Gasteiger partial charge < -0.3 is 15.2 Å². The van der Waals surface area contributed by atoms with Gasteiger partial charge in [0.15, 0.2) is 5.03 Å². The number of hydrogen-bond donors (Lipinski definition) is 2. The summed E-state index contributed by atoms with van der Waals surface area (Å²) in [5.74, 6) is -2.08. The number of halogens is 4. The number of carbonyl (C=O) groups is 1. The third kappa shape index (κ3) is 8.67. The first-order valence-electron chi connectivity index (χ1n) is 11.4. The van der Waals surface area contributed by atoms with Gasteiger partial charge in [0.25, 0.3) is 15.9 Å². The fourth-order valence-corrected chi connectivity index (χ4v) is 4.00. The number of anilines is 1. The lowest BCUT2D eigenvalue weighted by Gasteiger charge is -2.13. The molecule has 0 radical (unpaired) electrons. The molecule has 9 nitrogen and oxygen atoms in total. The monoisotopic (exact) mass is 568 g/mol. The Labute approximate surface area is 221 Å². The van der Waals surface area contributed by atoms with E-state index in [1.54, 1.807) is 4.72 Å². The molecule has 0 atom stereocenters. The molecule has 1 aromatic carbocycles. The third-order valence-electron chi connectivity index (χ3n) is 4.73. The molecule has 0 saturated carbocycles. The summed E-state index contributed by atoms with van der Waals surface area (Å²) in [5.41, 5.74) is 5.38. The van der Waals surface area contributed by atoms with Crippen LogP contribution in [-0.2, 0) is 10.0 Å². The average Bonchev–Trinajstić information content (AvgIpc) is 2.84. The Morgan fingerprint density at radius 2 is 1.85 bits per heavy atom. The number of benzene rings is 1. The summed E-state index contributed by atoms with van der Waals surface area (Å²) < 4.78 is 89.6. The van der Waals surface area contributed by atoms with Gasteiger partial charge in [0, 0.05) is 17.7 Å². The Bertz CT molecular complexity index is 1480. The van der Waals surface area contributed by atoms with E-state index in [-0.39, 0.29) is 34.8 Å². The molecule has 0 fully saturated rings. The van der Waals surface area contributed by atoms with E-state index in [1.165, 1.54) is 30.3 Å². The minimum atomic E-state index is -4.61. The molecule has 3 N–H and O–H groups in total. The second kappa shape index (κ2) is 12.1. The van der Waals surface area contributed by atoms with Crippen LogP contribution in [0, 0.1) is 11.7 Å². The predicted molar refractivity (Wildman–Crippen MR) is 134 cm³/mol. The highest BCUT2D eigenvalue weighted by Gasteiger charge is 2.25. The second-order valence-electron chi connectivity index (χ2n) is 8.52. The zero-order chi connectivity index (χ0) is 28.8. The van der Waals surface area contributed by atoms with Crippen LogP contribution in [0.2, 0.25) is 0 Å². The van der Waals surface area contributed by atoms with E-state index in [1.807, 2.05) is 13.8 Å². The van der Waals surface area contributed by atoms with Crippen LogP contribution in [0.15, 0.2) is 65.7 Å². The van der Waals surface area contributed by atoms with Crippen molar-refractivity contribution in [2.75, 3.05) is 18.9 Å². The number of nitrogens with one attached hydrogen (secondary N) is 1. The number of amides is 1. The lowest BCUT2D eigenvalue weighted by atomic mass is 10.1. The second-order valence-corrected chi connectivity index (χ2v) is 10.1. The standard InChI is InChI=1S/C25H24F4N4O5S/c1-15(2)14-38-18-12-16(11-17(26)13-18)20-8-7-19(24(31-20)37-10-4-9-25(27,28)29)23(34)33-39(35,36)22-6-3-5-21(30)32-22/h3-9,11-13,15H,10,14H2,1-2H3,(H2,30,32)(H,33,34)/b9-4+. The summed E-state index contributed by atoms with van der Waals surface area (Å²) in [6, 6.07) is 9.98. The fourth-order valence-electron chi connectivity index (χ4n) is 3.06. The van der Waals surface area contributed by atoms with Crippen LogP contribution in [0.25, 0.3) is 11.3 Å². The molecule has 14 heteroatoms. The number of nitrogens with zero attached hydrogens (tertiary/aromatic N) is 2. The van der Waals surface area contributed by atoms with E-state index < -0.39 is 51.0 Å². The number of ether oxygens (including phenoxy) is 2. The normalized spacial score (nSPS) is 12.1. The van der Waals surface area contributed by atoms with Crippen molar-refractivity contribution in [2.24, 2.45) is 5.92 Å². The number of alkyl halides is 3. The molecular formula is C25H24F4N4O5S. The van der Waals surface area contributed by atoms with Gasteiger partial charge in [-0.15, -0.1) is 0 Å². The number of hydrogen-bond acceptors (Lipinski definition) is 8. The summed E-state index contributed by atoms with van der Waals surface area (Å²) >= 11 is 0. The molecule has 0 unspecified atom stereocenters. The van der Waals surface area contributed by atoms with Crippen LogP contribution < -0.4 is 19.9 Å². The van der Waals surface area contributed by atoms with Gasteiger partial charge in [-0.3, -0.25) is 4.79 Å². The predicted octanol–water partition coefficient (Wildman–Crippen LogP) is 4.52. The van der Waals surface area contributed by atoms with Crippen LogP contribution >= 0.6 is 0 Å². The largest absolute Gasteiger partial charge is 0.493 e. The molecule has 0 aliphatic rings. The first kappa shape index (κ1) is 29.4. The smallest absolute Gasteiger partial charge is 0.409 e. The maximum Gasteiger partial charge on any atom is 0.409 e. The van der Waals surface area contributed by atoms with Gasteiger partial charge in [0.2, 0.25) is 5.88 Å². The molecule has 3 aromatic rings. The summed E-state index contributed by atoms with van der Waals surface area (Å²) in [7, 11) is -4.48. The van der Waals surface area contributed by atoms with Crippen LogP contribution in [0.3, 0.4) is 0 Å². The van der Waals surface area contributed by atoms with Gasteiger partial charge in [0.05, 0.1) is 12.3 Å². The van der Waals surface area contributed by atoms with Crippen LogP contribution in [-0.4, -0.2) is 43.7 Å². The number of carbonyl (C=O) groups excluding carboxylic acids is 1. The highest BCUT2D eigenvalue weighted by molar-refractivity contribution is 7.90. The van der Waals surface area contributed by atoms with Crippen molar-refractivity contribution in [3.05, 3.63) is 72.1 Å². The molecule has 0 aliphatic carbocycles. The minimum absolute atomic E-state index is 0.0720. The van der Waals surface area contributed by atoms with Gasteiger partial charge in [0.1, 0.15) is 29.6 Å². The molecule has 0 saturated heterocycles. The molecule has 39 heavy (non-hydrogen) atoms. The van der Waals surface area contributed by atoms with E-state index in [9.17, 15) is 30.8 Å². The van der Waals surface area contributed by atoms with Crippen LogP contribution in [0.1, 0.15) is 24.2 Å². The number of allylic oxidation sites excluding steroid dienone is 1.